The molecule has 2 N–H and O–H groups in total. The van der Waals surface area contributed by atoms with Crippen LogP contribution in [0.1, 0.15) is 36.7 Å². The zero-order chi connectivity index (χ0) is 23.3. The van der Waals surface area contributed by atoms with E-state index in [2.05, 4.69) is 48.5 Å². The Morgan fingerprint density at radius 2 is 1.69 bits per heavy atom. The first kappa shape index (κ1) is 23.3. The molecule has 0 spiro atoms. The minimum atomic E-state index is -0.389. The number of nitrogens with one attached hydrogen (secondary N) is 2. The lowest BCUT2D eigenvalue weighted by Gasteiger charge is -2.18. The molecule has 7 nitrogen and oxygen atoms in total. The number of nitrogens with zero attached hydrogens (tertiary/aromatic N) is 1. The third-order valence-corrected chi connectivity index (χ3v) is 5.61. The molecule has 0 saturated carbocycles. The molecule has 0 radical (unpaired) electrons. The van der Waals surface area contributed by atoms with Gasteiger partial charge < -0.3 is 20.1 Å². The van der Waals surface area contributed by atoms with Crippen LogP contribution in [0.5, 0.6) is 11.5 Å². The molecule has 3 rings (SSSR count). The predicted molar refractivity (Wildman–Crippen MR) is 127 cm³/mol. The van der Waals surface area contributed by atoms with Crippen molar-refractivity contribution in [1.82, 2.24) is 10.3 Å². The van der Waals surface area contributed by atoms with Gasteiger partial charge in [0.15, 0.2) is 16.6 Å². The number of anilines is 1. The first-order valence-corrected chi connectivity index (χ1v) is 11.0. The Hall–Kier alpha value is -3.39. The van der Waals surface area contributed by atoms with Crippen molar-refractivity contribution in [3.63, 3.8) is 0 Å². The molecule has 0 aliphatic heterocycles. The highest BCUT2D eigenvalue weighted by Crippen LogP contribution is 2.29. The summed E-state index contributed by atoms with van der Waals surface area (Å²) in [6.07, 6.45) is 0. The molecular formula is C24H27N3O4S. The van der Waals surface area contributed by atoms with E-state index >= 15 is 0 Å². The topological polar surface area (TPSA) is 89.5 Å². The molecule has 3 aromatic rings. The van der Waals surface area contributed by atoms with Crippen molar-refractivity contribution in [3.8, 4) is 22.8 Å². The van der Waals surface area contributed by atoms with Gasteiger partial charge in [0, 0.05) is 16.5 Å². The van der Waals surface area contributed by atoms with Crippen LogP contribution in [0.4, 0.5) is 5.13 Å². The maximum Gasteiger partial charge on any atom is 0.251 e. The van der Waals surface area contributed by atoms with Crippen LogP contribution in [0.3, 0.4) is 0 Å². The van der Waals surface area contributed by atoms with Gasteiger partial charge in [0.1, 0.15) is 0 Å². The number of hydrogen-bond donors (Lipinski definition) is 2. The van der Waals surface area contributed by atoms with Gasteiger partial charge in [0.25, 0.3) is 5.91 Å². The molecule has 1 heterocycles. The predicted octanol–water partition coefficient (Wildman–Crippen LogP) is 4.49. The molecule has 168 valence electrons. The summed E-state index contributed by atoms with van der Waals surface area (Å²) in [6.45, 7) is 6.33. The van der Waals surface area contributed by atoms with Gasteiger partial charge in [0.05, 0.1) is 26.5 Å². The van der Waals surface area contributed by atoms with Crippen LogP contribution < -0.4 is 20.1 Å². The number of hydrogen-bond acceptors (Lipinski definition) is 6. The summed E-state index contributed by atoms with van der Waals surface area (Å²) in [4.78, 5) is 29.1. The number of aromatic nitrogens is 1. The third kappa shape index (κ3) is 5.64. The minimum Gasteiger partial charge on any atom is -0.493 e. The van der Waals surface area contributed by atoms with Gasteiger partial charge in [-0.3, -0.25) is 9.59 Å². The number of benzene rings is 2. The van der Waals surface area contributed by atoms with E-state index in [1.165, 1.54) is 31.1 Å². The third-order valence-electron chi connectivity index (χ3n) is 4.85. The van der Waals surface area contributed by atoms with Gasteiger partial charge in [-0.1, -0.05) is 45.0 Å². The number of carbonyl (C=O) groups is 2. The van der Waals surface area contributed by atoms with Crippen molar-refractivity contribution in [2.24, 2.45) is 0 Å². The smallest absolute Gasteiger partial charge is 0.251 e. The Bertz CT molecular complexity index is 1100. The molecule has 0 aliphatic rings. The highest BCUT2D eigenvalue weighted by atomic mass is 32.1. The second-order valence-corrected chi connectivity index (χ2v) is 9.02. The summed E-state index contributed by atoms with van der Waals surface area (Å²) < 4.78 is 10.4. The molecule has 0 aliphatic carbocycles. The van der Waals surface area contributed by atoms with Crippen molar-refractivity contribution in [2.75, 3.05) is 26.1 Å². The molecule has 0 saturated heterocycles. The fourth-order valence-corrected chi connectivity index (χ4v) is 3.74. The molecule has 0 atom stereocenters. The van der Waals surface area contributed by atoms with Crippen LogP contribution in [0.25, 0.3) is 11.3 Å². The van der Waals surface area contributed by atoms with Crippen LogP contribution in [0.15, 0.2) is 47.8 Å². The Kier molecular flexibility index (Phi) is 7.15. The van der Waals surface area contributed by atoms with E-state index in [0.29, 0.717) is 22.2 Å². The average Bonchev–Trinajstić information content (AvgIpc) is 3.24. The Labute approximate surface area is 191 Å². The highest BCUT2D eigenvalue weighted by molar-refractivity contribution is 7.14. The highest BCUT2D eigenvalue weighted by Gasteiger charge is 2.15. The molecule has 0 bridgehead atoms. The maximum atomic E-state index is 12.4. The molecule has 0 fully saturated rings. The summed E-state index contributed by atoms with van der Waals surface area (Å²) >= 11 is 1.34. The van der Waals surface area contributed by atoms with Gasteiger partial charge >= 0.3 is 0 Å². The van der Waals surface area contributed by atoms with Crippen molar-refractivity contribution in [1.29, 1.82) is 0 Å². The largest absolute Gasteiger partial charge is 0.493 e. The minimum absolute atomic E-state index is 0.0844. The summed E-state index contributed by atoms with van der Waals surface area (Å²) in [6, 6.07) is 13.1. The summed E-state index contributed by atoms with van der Waals surface area (Å²) in [5, 5.41) is 7.69. The number of rotatable bonds is 7. The van der Waals surface area contributed by atoms with E-state index in [4.69, 9.17) is 9.47 Å². The van der Waals surface area contributed by atoms with Gasteiger partial charge in [0.2, 0.25) is 5.91 Å². The summed E-state index contributed by atoms with van der Waals surface area (Å²) in [5.41, 5.74) is 3.47. The van der Waals surface area contributed by atoms with Crippen LogP contribution >= 0.6 is 11.3 Å². The quantitative estimate of drug-likeness (QED) is 0.550. The molecule has 1 aromatic heterocycles. The van der Waals surface area contributed by atoms with Crippen molar-refractivity contribution in [3.05, 3.63) is 59.0 Å². The van der Waals surface area contributed by atoms with E-state index < -0.39 is 0 Å². The van der Waals surface area contributed by atoms with Gasteiger partial charge in [-0.2, -0.15) is 0 Å². The Balaban J connectivity index is 1.57. The lowest BCUT2D eigenvalue weighted by atomic mass is 9.86. The Morgan fingerprint density at radius 1 is 1.00 bits per heavy atom. The first-order chi connectivity index (χ1) is 15.2. The Morgan fingerprint density at radius 3 is 2.31 bits per heavy atom. The van der Waals surface area contributed by atoms with Crippen LogP contribution in [0.2, 0.25) is 0 Å². The number of methoxy groups -OCH3 is 2. The number of carbonyl (C=O) groups excluding carboxylic acids is 2. The van der Waals surface area contributed by atoms with Crippen LogP contribution in [-0.2, 0) is 10.2 Å². The first-order valence-electron chi connectivity index (χ1n) is 10.1. The number of thiazole rings is 1. The van der Waals surface area contributed by atoms with Gasteiger partial charge in [-0.25, -0.2) is 4.98 Å². The van der Waals surface area contributed by atoms with E-state index in [1.807, 2.05) is 17.5 Å². The van der Waals surface area contributed by atoms with E-state index in [1.54, 1.807) is 18.2 Å². The zero-order valence-electron chi connectivity index (χ0n) is 18.8. The molecule has 2 aromatic carbocycles. The van der Waals surface area contributed by atoms with Gasteiger partial charge in [-0.15, -0.1) is 11.3 Å². The van der Waals surface area contributed by atoms with E-state index in [9.17, 15) is 9.59 Å². The van der Waals surface area contributed by atoms with Crippen molar-refractivity contribution < 1.29 is 19.1 Å². The normalized spacial score (nSPS) is 11.0. The maximum absolute atomic E-state index is 12.4. The number of ether oxygens (including phenoxy) is 2. The lowest BCUT2D eigenvalue weighted by Crippen LogP contribution is -2.32. The monoisotopic (exact) mass is 453 g/mol. The molecular weight excluding hydrogens is 426 g/mol. The fourth-order valence-electron chi connectivity index (χ4n) is 3.01. The second-order valence-electron chi connectivity index (χ2n) is 8.17. The van der Waals surface area contributed by atoms with Crippen molar-refractivity contribution >= 4 is 28.3 Å². The molecule has 0 unspecified atom stereocenters. The van der Waals surface area contributed by atoms with E-state index in [-0.39, 0.29) is 23.8 Å². The summed E-state index contributed by atoms with van der Waals surface area (Å²) in [7, 11) is 3.01. The van der Waals surface area contributed by atoms with Crippen LogP contribution in [-0.4, -0.2) is 37.6 Å². The molecule has 2 amide bonds. The van der Waals surface area contributed by atoms with Crippen LogP contribution in [0, 0.1) is 0 Å². The summed E-state index contributed by atoms with van der Waals surface area (Å²) in [5.74, 6) is 0.215. The molecule has 8 heteroatoms. The standard InChI is InChI=1S/C24H27N3O4S/c1-24(2,3)17-9-6-15(7-10-17)18-14-32-23(26-18)27-21(28)13-25-22(29)16-8-11-19(30-4)20(12-16)31-5/h6-12,14H,13H2,1-5H3,(H,25,29)(H,26,27,28). The zero-order valence-corrected chi connectivity index (χ0v) is 19.6. The van der Waals surface area contributed by atoms with Gasteiger partial charge in [-0.05, 0) is 29.2 Å². The molecule has 32 heavy (non-hydrogen) atoms. The van der Waals surface area contributed by atoms with E-state index in [0.717, 1.165) is 11.3 Å². The lowest BCUT2D eigenvalue weighted by molar-refractivity contribution is -0.115. The second kappa shape index (κ2) is 9.82. The van der Waals surface area contributed by atoms with Crippen molar-refractivity contribution in [2.45, 2.75) is 26.2 Å². The number of amides is 2. The fraction of sp³-hybridized carbons (Fsp3) is 0.292. The SMILES string of the molecule is COc1ccc(C(=O)NCC(=O)Nc2nc(-c3ccc(C(C)(C)C)cc3)cs2)cc1OC. The average molecular weight is 454 g/mol.